The van der Waals surface area contributed by atoms with E-state index >= 15 is 0 Å². The molecule has 3 rings (SSSR count). The van der Waals surface area contributed by atoms with Crippen molar-refractivity contribution in [2.45, 2.75) is 65.2 Å². The Morgan fingerprint density at radius 2 is 1.68 bits per heavy atom. The van der Waals surface area contributed by atoms with Crippen LogP contribution in [0.5, 0.6) is 5.75 Å². The van der Waals surface area contributed by atoms with Gasteiger partial charge in [0.15, 0.2) is 0 Å². The number of carbonyl (C=O) groups is 1. The number of carboxylic acids is 1. The maximum absolute atomic E-state index is 11.3. The van der Waals surface area contributed by atoms with Crippen LogP contribution in [-0.4, -0.2) is 68.2 Å². The van der Waals surface area contributed by atoms with Crippen molar-refractivity contribution in [1.29, 1.82) is 0 Å². The van der Waals surface area contributed by atoms with Gasteiger partial charge in [0.05, 0.1) is 11.5 Å². The van der Waals surface area contributed by atoms with Crippen LogP contribution in [0.2, 0.25) is 0 Å². The first-order valence-electron chi connectivity index (χ1n) is 13.5. The quantitative estimate of drug-likeness (QED) is 0.161. The van der Waals surface area contributed by atoms with Crippen molar-refractivity contribution < 1.29 is 40.6 Å². The maximum atomic E-state index is 11.3. The molecule has 0 radical (unpaired) electrons. The summed E-state index contributed by atoms with van der Waals surface area (Å²) < 4.78 is 69.0. The normalized spacial score (nSPS) is 16.4. The monoisotopic (exact) mass is 600 g/mol. The Morgan fingerprint density at radius 3 is 2.35 bits per heavy atom. The van der Waals surface area contributed by atoms with Crippen molar-refractivity contribution in [2.75, 3.05) is 36.0 Å². The lowest BCUT2D eigenvalue weighted by molar-refractivity contribution is -0.137. The highest BCUT2D eigenvalue weighted by molar-refractivity contribution is 7.86. The molecule has 0 aromatic heterocycles. The molecule has 0 unspecified atom stereocenters. The molecule has 224 valence electrons. The standard InChI is InChI=1S/C27H40N2O9S2/c1-27(2)19-21(28-11-6-14-39(32,33)34)17-25-23(27)16-20-9-10-22(18-24(20)38-25)29(13-7-15-40(35,36)37)12-5-3-4-8-26(30)31/h9-10,17-18,28H,3-8,11-16,19H2,1-2H3,(H,30,31)(H,32,33,34)(H,35,36,37). The number of nitrogens with one attached hydrogen (secondary N) is 1. The topological polar surface area (TPSA) is 171 Å². The molecule has 11 nitrogen and oxygen atoms in total. The van der Waals surface area contributed by atoms with Crippen LogP contribution in [0.25, 0.3) is 0 Å². The molecule has 0 fully saturated rings. The molecular weight excluding hydrogens is 560 g/mol. The van der Waals surface area contributed by atoms with E-state index in [1.807, 2.05) is 29.2 Å². The number of benzene rings is 1. The van der Waals surface area contributed by atoms with Crippen LogP contribution >= 0.6 is 0 Å². The largest absolute Gasteiger partial charge is 0.481 e. The molecule has 13 heteroatoms. The molecule has 1 aliphatic carbocycles. The number of nitrogens with zero attached hydrogens (tertiary/aromatic N) is 1. The summed E-state index contributed by atoms with van der Waals surface area (Å²) in [6, 6.07) is 5.92. The highest BCUT2D eigenvalue weighted by Gasteiger charge is 2.35. The van der Waals surface area contributed by atoms with Crippen molar-refractivity contribution in [3.63, 3.8) is 0 Å². The number of hydrogen-bond acceptors (Lipinski definition) is 8. The van der Waals surface area contributed by atoms with Gasteiger partial charge in [-0.15, -0.1) is 0 Å². The van der Waals surface area contributed by atoms with Gasteiger partial charge < -0.3 is 20.1 Å². The van der Waals surface area contributed by atoms with E-state index in [0.29, 0.717) is 38.2 Å². The van der Waals surface area contributed by atoms with Crippen LogP contribution in [0.15, 0.2) is 41.3 Å². The lowest BCUT2D eigenvalue weighted by Crippen LogP contribution is -2.31. The minimum absolute atomic E-state index is 0.105. The predicted octanol–water partition coefficient (Wildman–Crippen LogP) is 3.79. The van der Waals surface area contributed by atoms with E-state index in [-0.39, 0.29) is 36.2 Å². The lowest BCUT2D eigenvalue weighted by atomic mass is 9.73. The molecule has 0 saturated carbocycles. The van der Waals surface area contributed by atoms with Gasteiger partial charge in [-0.2, -0.15) is 16.8 Å². The Balaban J connectivity index is 1.74. The fourth-order valence-corrected chi connectivity index (χ4v) is 6.10. The third-order valence-electron chi connectivity index (χ3n) is 7.14. The van der Waals surface area contributed by atoms with Crippen molar-refractivity contribution in [3.8, 4) is 5.75 Å². The fourth-order valence-electron chi connectivity index (χ4n) is 5.10. The Morgan fingerprint density at radius 1 is 1.00 bits per heavy atom. The highest BCUT2D eigenvalue weighted by atomic mass is 32.2. The zero-order valence-electron chi connectivity index (χ0n) is 23.1. The zero-order chi connectivity index (χ0) is 29.6. The van der Waals surface area contributed by atoms with E-state index in [1.165, 1.54) is 5.57 Å². The Labute approximate surface area is 236 Å². The predicted molar refractivity (Wildman–Crippen MR) is 153 cm³/mol. The summed E-state index contributed by atoms with van der Waals surface area (Å²) in [5, 5.41) is 12.1. The molecule has 0 amide bonds. The third kappa shape index (κ3) is 10.1. The molecule has 4 N–H and O–H groups in total. The van der Waals surface area contributed by atoms with Crippen LogP contribution in [-0.2, 0) is 31.5 Å². The summed E-state index contributed by atoms with van der Waals surface area (Å²) in [7, 11) is -8.08. The number of carboxylic acid groups (broad SMARTS) is 1. The van der Waals surface area contributed by atoms with Crippen LogP contribution in [0, 0.1) is 5.41 Å². The first kappa shape index (κ1) is 31.9. The summed E-state index contributed by atoms with van der Waals surface area (Å²) in [6.07, 6.45) is 6.02. The minimum Gasteiger partial charge on any atom is -0.481 e. The maximum Gasteiger partial charge on any atom is 0.303 e. The van der Waals surface area contributed by atoms with Gasteiger partial charge in [-0.05, 0) is 60.8 Å². The third-order valence-corrected chi connectivity index (χ3v) is 8.74. The number of unbranched alkanes of at least 4 members (excludes halogenated alkanes) is 2. The van der Waals surface area contributed by atoms with E-state index < -0.39 is 26.2 Å². The van der Waals surface area contributed by atoms with Gasteiger partial charge in [0.2, 0.25) is 0 Å². The van der Waals surface area contributed by atoms with E-state index in [4.69, 9.17) is 18.9 Å². The number of hydrogen-bond donors (Lipinski definition) is 4. The van der Waals surface area contributed by atoms with Gasteiger partial charge >= 0.3 is 5.97 Å². The van der Waals surface area contributed by atoms with Crippen molar-refractivity contribution >= 4 is 31.9 Å². The smallest absolute Gasteiger partial charge is 0.303 e. The minimum atomic E-state index is -4.08. The van der Waals surface area contributed by atoms with Crippen LogP contribution < -0.4 is 15.0 Å². The average Bonchev–Trinajstić information content (AvgIpc) is 2.82. The fraction of sp³-hybridized carbons (Fsp3) is 0.593. The number of anilines is 1. The van der Waals surface area contributed by atoms with Gasteiger partial charge in [-0.25, -0.2) is 0 Å². The van der Waals surface area contributed by atoms with Gasteiger partial charge in [0.25, 0.3) is 20.2 Å². The Kier molecular flexibility index (Phi) is 10.7. The molecule has 1 aliphatic heterocycles. The second kappa shape index (κ2) is 13.4. The Hall–Kier alpha value is -2.61. The van der Waals surface area contributed by atoms with Crippen molar-refractivity contribution in [3.05, 3.63) is 46.9 Å². The second-order valence-electron chi connectivity index (χ2n) is 11.0. The molecular formula is C27H40N2O9S2. The number of allylic oxidation sites excluding steroid dienone is 3. The first-order valence-corrected chi connectivity index (χ1v) is 16.7. The highest BCUT2D eigenvalue weighted by Crippen LogP contribution is 2.46. The molecule has 0 spiro atoms. The van der Waals surface area contributed by atoms with Gasteiger partial charge in [-0.1, -0.05) is 26.3 Å². The molecule has 0 atom stereocenters. The Bertz CT molecular complexity index is 1350. The summed E-state index contributed by atoms with van der Waals surface area (Å²) in [5.41, 5.74) is 3.78. The molecule has 0 saturated heterocycles. The number of aliphatic carboxylic acids is 1. The molecule has 1 aromatic carbocycles. The lowest BCUT2D eigenvalue weighted by Gasteiger charge is -2.38. The molecule has 0 bridgehead atoms. The summed E-state index contributed by atoms with van der Waals surface area (Å²) in [4.78, 5) is 12.8. The number of ether oxygens (including phenoxy) is 1. The van der Waals surface area contributed by atoms with E-state index in [0.717, 1.165) is 42.0 Å². The summed E-state index contributed by atoms with van der Waals surface area (Å²) >= 11 is 0. The number of rotatable bonds is 16. The molecule has 1 heterocycles. The number of fused-ring (bicyclic) bond motifs is 1. The SMILES string of the molecule is CC1(C)CC(NCCCS(=O)(=O)O)=CC2=C1Cc1ccc(N(CCCCCC(=O)O)CCCS(=O)(=O)O)cc1O2. The summed E-state index contributed by atoms with van der Waals surface area (Å²) in [5.74, 6) is -0.0502. The van der Waals surface area contributed by atoms with Crippen molar-refractivity contribution in [1.82, 2.24) is 5.32 Å². The molecule has 1 aromatic rings. The van der Waals surface area contributed by atoms with Crippen LogP contribution in [0.4, 0.5) is 5.69 Å². The molecule has 2 aliphatic rings. The van der Waals surface area contributed by atoms with E-state index in [1.54, 1.807) is 0 Å². The second-order valence-corrected chi connectivity index (χ2v) is 14.2. The van der Waals surface area contributed by atoms with Gasteiger partial charge in [-0.3, -0.25) is 13.9 Å². The zero-order valence-corrected chi connectivity index (χ0v) is 24.7. The van der Waals surface area contributed by atoms with Gasteiger partial charge in [0.1, 0.15) is 11.5 Å². The van der Waals surface area contributed by atoms with E-state index in [2.05, 4.69) is 19.2 Å². The first-order chi connectivity index (χ1) is 18.6. The van der Waals surface area contributed by atoms with Crippen LogP contribution in [0.1, 0.15) is 64.4 Å². The van der Waals surface area contributed by atoms with Gasteiger partial charge in [0, 0.05) is 49.9 Å². The summed E-state index contributed by atoms with van der Waals surface area (Å²) in [6.45, 7) is 5.67. The van der Waals surface area contributed by atoms with Crippen LogP contribution in [0.3, 0.4) is 0 Å². The van der Waals surface area contributed by atoms with E-state index in [9.17, 15) is 21.6 Å². The molecule has 40 heavy (non-hydrogen) atoms. The average molecular weight is 601 g/mol. The van der Waals surface area contributed by atoms with Crippen molar-refractivity contribution in [2.24, 2.45) is 5.41 Å².